The van der Waals surface area contributed by atoms with Crippen LogP contribution in [-0.2, 0) is 0 Å². The standard InChI is InChI=1S/C19H20Si/c1-14-8-6-12-18(15(14)2)20-19-13-7-11-17(19)16-9-4-3-5-10-16/h3-12H,13,20H2,1-2H3. The summed E-state index contributed by atoms with van der Waals surface area (Å²) in [6, 6.07) is 17.5. The van der Waals surface area contributed by atoms with Gasteiger partial charge in [0.05, 0.1) is 9.52 Å². The highest BCUT2D eigenvalue weighted by Crippen LogP contribution is 2.27. The molecule has 0 saturated heterocycles. The zero-order valence-electron chi connectivity index (χ0n) is 12.2. The van der Waals surface area contributed by atoms with Gasteiger partial charge in [-0.1, -0.05) is 71.1 Å². The third-order valence-corrected chi connectivity index (χ3v) is 6.48. The minimum Gasteiger partial charge on any atom is -0.0802 e. The first-order valence-electron chi connectivity index (χ1n) is 7.25. The van der Waals surface area contributed by atoms with E-state index in [4.69, 9.17) is 0 Å². The van der Waals surface area contributed by atoms with Crippen LogP contribution >= 0.6 is 0 Å². The molecule has 0 fully saturated rings. The highest BCUT2D eigenvalue weighted by Gasteiger charge is 2.13. The van der Waals surface area contributed by atoms with Crippen LogP contribution in [0.4, 0.5) is 0 Å². The van der Waals surface area contributed by atoms with E-state index in [0.29, 0.717) is 0 Å². The lowest BCUT2D eigenvalue weighted by atomic mass is 10.1. The maximum atomic E-state index is 2.32. The van der Waals surface area contributed by atoms with Gasteiger partial charge < -0.3 is 0 Å². The fraction of sp³-hybridized carbons (Fsp3) is 0.158. The van der Waals surface area contributed by atoms with Gasteiger partial charge in [0, 0.05) is 0 Å². The van der Waals surface area contributed by atoms with E-state index < -0.39 is 0 Å². The summed E-state index contributed by atoms with van der Waals surface area (Å²) in [5.74, 6) is 0. The number of benzene rings is 2. The third-order valence-electron chi connectivity index (χ3n) is 4.24. The Morgan fingerprint density at radius 1 is 0.900 bits per heavy atom. The van der Waals surface area contributed by atoms with Crippen molar-refractivity contribution in [2.24, 2.45) is 0 Å². The van der Waals surface area contributed by atoms with Gasteiger partial charge in [-0.15, -0.1) is 0 Å². The Labute approximate surface area is 123 Å². The minimum absolute atomic E-state index is 0.359. The molecule has 0 N–H and O–H groups in total. The molecule has 2 aromatic carbocycles. The Morgan fingerprint density at radius 2 is 1.70 bits per heavy atom. The van der Waals surface area contributed by atoms with Crippen LogP contribution in [0.15, 0.2) is 65.9 Å². The predicted octanol–water partition coefficient (Wildman–Crippen LogP) is 3.47. The predicted molar refractivity (Wildman–Crippen MR) is 91.2 cm³/mol. The molecule has 3 rings (SSSR count). The lowest BCUT2D eigenvalue weighted by Gasteiger charge is -2.11. The van der Waals surface area contributed by atoms with Gasteiger partial charge in [-0.3, -0.25) is 0 Å². The zero-order chi connectivity index (χ0) is 13.9. The molecule has 1 aliphatic carbocycles. The van der Waals surface area contributed by atoms with Gasteiger partial charge in [0.2, 0.25) is 0 Å². The molecule has 0 unspecified atom stereocenters. The van der Waals surface area contributed by atoms with E-state index in [1.165, 1.54) is 22.3 Å². The Kier molecular flexibility index (Phi) is 3.70. The minimum atomic E-state index is -0.359. The van der Waals surface area contributed by atoms with Crippen molar-refractivity contribution in [2.45, 2.75) is 20.3 Å². The lowest BCUT2D eigenvalue weighted by molar-refractivity contribution is 1.36. The molecule has 0 saturated carbocycles. The van der Waals surface area contributed by atoms with Crippen molar-refractivity contribution < 1.29 is 0 Å². The average molecular weight is 276 g/mol. The van der Waals surface area contributed by atoms with Crippen LogP contribution < -0.4 is 5.19 Å². The van der Waals surface area contributed by atoms with E-state index >= 15 is 0 Å². The van der Waals surface area contributed by atoms with Gasteiger partial charge in [-0.2, -0.15) is 0 Å². The molecule has 1 aliphatic rings. The summed E-state index contributed by atoms with van der Waals surface area (Å²) in [5, 5.41) is 3.27. The molecular formula is C19H20Si. The monoisotopic (exact) mass is 276 g/mol. The average Bonchev–Trinajstić information content (AvgIpc) is 2.93. The first kappa shape index (κ1) is 13.1. The van der Waals surface area contributed by atoms with Gasteiger partial charge >= 0.3 is 0 Å². The maximum absolute atomic E-state index is 2.32. The zero-order valence-corrected chi connectivity index (χ0v) is 13.6. The number of hydrogen-bond acceptors (Lipinski definition) is 0. The van der Waals surface area contributed by atoms with E-state index in [-0.39, 0.29) is 9.52 Å². The molecule has 0 bridgehead atoms. The molecule has 20 heavy (non-hydrogen) atoms. The maximum Gasteiger partial charge on any atom is 0.0839 e. The van der Waals surface area contributed by atoms with Gasteiger partial charge in [-0.25, -0.2) is 0 Å². The van der Waals surface area contributed by atoms with Crippen LogP contribution in [0.2, 0.25) is 0 Å². The summed E-state index contributed by atoms with van der Waals surface area (Å²) in [6.07, 6.45) is 5.77. The molecule has 0 radical (unpaired) electrons. The van der Waals surface area contributed by atoms with Crippen molar-refractivity contribution in [3.8, 4) is 0 Å². The van der Waals surface area contributed by atoms with Crippen LogP contribution in [0.5, 0.6) is 0 Å². The van der Waals surface area contributed by atoms with E-state index in [2.05, 4.69) is 74.5 Å². The van der Waals surface area contributed by atoms with E-state index in [1.54, 1.807) is 10.4 Å². The summed E-state index contributed by atoms with van der Waals surface area (Å²) >= 11 is 0. The number of aryl methyl sites for hydroxylation is 1. The van der Waals surface area contributed by atoms with E-state index in [9.17, 15) is 0 Å². The van der Waals surface area contributed by atoms with Crippen molar-refractivity contribution in [1.82, 2.24) is 0 Å². The Hall–Kier alpha value is -1.86. The van der Waals surface area contributed by atoms with Crippen LogP contribution in [0.1, 0.15) is 23.1 Å². The van der Waals surface area contributed by atoms with Crippen LogP contribution in [0.25, 0.3) is 5.57 Å². The largest absolute Gasteiger partial charge is 0.0839 e. The molecule has 0 atom stereocenters. The molecule has 0 amide bonds. The lowest BCUT2D eigenvalue weighted by Crippen LogP contribution is -2.20. The Balaban J connectivity index is 1.96. The highest BCUT2D eigenvalue weighted by molar-refractivity contribution is 6.63. The van der Waals surface area contributed by atoms with Crippen molar-refractivity contribution in [2.75, 3.05) is 0 Å². The molecule has 100 valence electrons. The van der Waals surface area contributed by atoms with E-state index in [1.807, 2.05) is 0 Å². The second-order valence-corrected chi connectivity index (χ2v) is 7.49. The highest BCUT2D eigenvalue weighted by atomic mass is 28.2. The molecular weight excluding hydrogens is 256 g/mol. The SMILES string of the molecule is Cc1cccc([SiH2]C2=C(c3ccccc3)C=CC2)c1C. The quantitative estimate of drug-likeness (QED) is 0.753. The molecule has 0 spiro atoms. The smallest absolute Gasteiger partial charge is 0.0802 e. The van der Waals surface area contributed by atoms with Crippen LogP contribution in [-0.4, -0.2) is 9.52 Å². The number of rotatable bonds is 3. The number of hydrogen-bond donors (Lipinski definition) is 0. The van der Waals surface area contributed by atoms with Gasteiger partial charge in [0.15, 0.2) is 0 Å². The second-order valence-electron chi connectivity index (χ2n) is 5.53. The number of allylic oxidation sites excluding steroid dienone is 4. The van der Waals surface area contributed by atoms with Crippen molar-refractivity contribution in [3.05, 3.63) is 82.6 Å². The molecule has 2 aromatic rings. The summed E-state index contributed by atoms with van der Waals surface area (Å²) in [7, 11) is -0.359. The summed E-state index contributed by atoms with van der Waals surface area (Å²) in [4.78, 5) is 0. The van der Waals surface area contributed by atoms with Gasteiger partial charge in [0.25, 0.3) is 0 Å². The van der Waals surface area contributed by atoms with Crippen molar-refractivity contribution in [1.29, 1.82) is 0 Å². The second kappa shape index (κ2) is 5.64. The topological polar surface area (TPSA) is 0 Å². The molecule has 1 heteroatoms. The summed E-state index contributed by atoms with van der Waals surface area (Å²) in [6.45, 7) is 4.48. The summed E-state index contributed by atoms with van der Waals surface area (Å²) < 4.78 is 0. The van der Waals surface area contributed by atoms with Gasteiger partial charge in [-0.05, 0) is 42.5 Å². The molecule has 0 nitrogen and oxygen atoms in total. The normalized spacial score (nSPS) is 14.7. The molecule has 0 aliphatic heterocycles. The first-order valence-corrected chi connectivity index (χ1v) is 8.66. The third kappa shape index (κ3) is 2.54. The Morgan fingerprint density at radius 3 is 2.50 bits per heavy atom. The summed E-state index contributed by atoms with van der Waals surface area (Å²) in [5.41, 5.74) is 5.75. The van der Waals surface area contributed by atoms with Gasteiger partial charge in [0.1, 0.15) is 0 Å². The molecule has 0 aromatic heterocycles. The van der Waals surface area contributed by atoms with Crippen LogP contribution in [0, 0.1) is 13.8 Å². The van der Waals surface area contributed by atoms with Crippen molar-refractivity contribution >= 4 is 20.3 Å². The van der Waals surface area contributed by atoms with Crippen LogP contribution in [0.3, 0.4) is 0 Å². The Bertz CT molecular complexity index is 678. The first-order chi connectivity index (χ1) is 9.75. The van der Waals surface area contributed by atoms with E-state index in [0.717, 1.165) is 6.42 Å². The fourth-order valence-corrected chi connectivity index (χ4v) is 4.95. The fourth-order valence-electron chi connectivity index (χ4n) is 2.87. The van der Waals surface area contributed by atoms with Crippen molar-refractivity contribution in [3.63, 3.8) is 0 Å². The molecule has 0 heterocycles.